The minimum atomic E-state index is -0.196. The van der Waals surface area contributed by atoms with Crippen LogP contribution in [-0.4, -0.2) is 17.4 Å². The van der Waals surface area contributed by atoms with Crippen LogP contribution in [0.2, 0.25) is 0 Å². The Labute approximate surface area is 130 Å². The Morgan fingerprint density at radius 1 is 1.29 bits per heavy atom. The second kappa shape index (κ2) is 5.77. The van der Waals surface area contributed by atoms with E-state index in [0.717, 1.165) is 17.6 Å². The fourth-order valence-electron chi connectivity index (χ4n) is 2.48. The predicted molar refractivity (Wildman–Crippen MR) is 85.5 cm³/mol. The van der Waals surface area contributed by atoms with Crippen molar-refractivity contribution in [2.75, 3.05) is 6.54 Å². The normalized spacial score (nSPS) is 11.0. The zero-order chi connectivity index (χ0) is 14.8. The Hall–Kier alpha value is -2.01. The third kappa shape index (κ3) is 2.88. The van der Waals surface area contributed by atoms with Crippen molar-refractivity contribution in [2.45, 2.75) is 13.3 Å². The Bertz CT molecular complexity index is 789. The SMILES string of the molecule is Cc1[nH]c2ccccc2c1CCNC(=O)c1ccc(Br)o1. The van der Waals surface area contributed by atoms with Crippen LogP contribution >= 0.6 is 15.9 Å². The van der Waals surface area contributed by atoms with Gasteiger partial charge in [-0.25, -0.2) is 0 Å². The summed E-state index contributed by atoms with van der Waals surface area (Å²) in [6, 6.07) is 11.6. The lowest BCUT2D eigenvalue weighted by Crippen LogP contribution is -2.25. The van der Waals surface area contributed by atoms with Gasteiger partial charge < -0.3 is 14.7 Å². The topological polar surface area (TPSA) is 58.0 Å². The fourth-order valence-corrected chi connectivity index (χ4v) is 2.79. The summed E-state index contributed by atoms with van der Waals surface area (Å²) in [5.41, 5.74) is 3.52. The average Bonchev–Trinajstić information content (AvgIpc) is 3.03. The van der Waals surface area contributed by atoms with Gasteiger partial charge in [0.25, 0.3) is 5.91 Å². The van der Waals surface area contributed by atoms with E-state index in [-0.39, 0.29) is 5.91 Å². The third-order valence-corrected chi connectivity index (χ3v) is 3.91. The summed E-state index contributed by atoms with van der Waals surface area (Å²) in [4.78, 5) is 15.3. The third-order valence-electron chi connectivity index (χ3n) is 3.48. The number of fused-ring (bicyclic) bond motifs is 1. The molecule has 21 heavy (non-hydrogen) atoms. The van der Waals surface area contributed by atoms with Crippen molar-refractivity contribution >= 4 is 32.7 Å². The van der Waals surface area contributed by atoms with Gasteiger partial charge in [0.2, 0.25) is 0 Å². The van der Waals surface area contributed by atoms with Crippen molar-refractivity contribution < 1.29 is 9.21 Å². The average molecular weight is 347 g/mol. The molecule has 0 aliphatic heterocycles. The first kappa shape index (κ1) is 13.9. The molecule has 3 aromatic rings. The first-order valence-corrected chi connectivity index (χ1v) is 7.54. The molecule has 0 aliphatic carbocycles. The minimum Gasteiger partial charge on any atom is -0.444 e. The maximum atomic E-state index is 11.9. The molecule has 0 unspecified atom stereocenters. The van der Waals surface area contributed by atoms with Crippen LogP contribution in [0.4, 0.5) is 0 Å². The second-order valence-electron chi connectivity index (χ2n) is 4.88. The van der Waals surface area contributed by atoms with Crippen LogP contribution in [0.5, 0.6) is 0 Å². The Kier molecular flexibility index (Phi) is 3.84. The molecule has 0 saturated heterocycles. The molecule has 1 aromatic carbocycles. The molecule has 2 aromatic heterocycles. The van der Waals surface area contributed by atoms with Crippen molar-refractivity contribution in [3.63, 3.8) is 0 Å². The molecule has 2 N–H and O–H groups in total. The van der Waals surface area contributed by atoms with E-state index in [1.54, 1.807) is 12.1 Å². The van der Waals surface area contributed by atoms with Gasteiger partial charge in [-0.3, -0.25) is 4.79 Å². The van der Waals surface area contributed by atoms with Gasteiger partial charge in [-0.05, 0) is 53.0 Å². The van der Waals surface area contributed by atoms with Gasteiger partial charge in [0.05, 0.1) is 0 Å². The van der Waals surface area contributed by atoms with E-state index in [9.17, 15) is 4.79 Å². The van der Waals surface area contributed by atoms with Crippen molar-refractivity contribution in [3.05, 3.63) is 58.1 Å². The highest BCUT2D eigenvalue weighted by Crippen LogP contribution is 2.22. The highest BCUT2D eigenvalue weighted by atomic mass is 79.9. The zero-order valence-corrected chi connectivity index (χ0v) is 13.2. The summed E-state index contributed by atoms with van der Waals surface area (Å²) in [7, 11) is 0. The number of carbonyl (C=O) groups excluding carboxylic acids is 1. The number of H-pyrrole nitrogens is 1. The predicted octanol–water partition coefficient (Wildman–Crippen LogP) is 3.80. The van der Waals surface area contributed by atoms with E-state index >= 15 is 0 Å². The summed E-state index contributed by atoms with van der Waals surface area (Å²) in [5, 5.41) is 4.09. The van der Waals surface area contributed by atoms with Gasteiger partial charge >= 0.3 is 0 Å². The van der Waals surface area contributed by atoms with E-state index in [1.807, 2.05) is 12.1 Å². The Morgan fingerprint density at radius 3 is 2.86 bits per heavy atom. The number of rotatable bonds is 4. The zero-order valence-electron chi connectivity index (χ0n) is 11.6. The summed E-state index contributed by atoms with van der Waals surface area (Å²) in [5.74, 6) is 0.121. The minimum absolute atomic E-state index is 0.196. The molecule has 0 fully saturated rings. The monoisotopic (exact) mass is 346 g/mol. The Morgan fingerprint density at radius 2 is 2.10 bits per heavy atom. The highest BCUT2D eigenvalue weighted by molar-refractivity contribution is 9.10. The number of para-hydroxylation sites is 1. The molecule has 0 saturated carbocycles. The van der Waals surface area contributed by atoms with Crippen molar-refractivity contribution in [1.29, 1.82) is 0 Å². The lowest BCUT2D eigenvalue weighted by atomic mass is 10.1. The number of aryl methyl sites for hydroxylation is 1. The van der Waals surface area contributed by atoms with E-state index in [0.29, 0.717) is 17.0 Å². The molecule has 0 aliphatic rings. The van der Waals surface area contributed by atoms with Crippen LogP contribution in [0.25, 0.3) is 10.9 Å². The van der Waals surface area contributed by atoms with E-state index in [1.165, 1.54) is 10.9 Å². The second-order valence-corrected chi connectivity index (χ2v) is 5.67. The van der Waals surface area contributed by atoms with Crippen molar-refractivity contribution in [3.8, 4) is 0 Å². The smallest absolute Gasteiger partial charge is 0.287 e. The standard InChI is InChI=1S/C16H15BrN2O2/c1-10-11(12-4-2-3-5-13(12)19-10)8-9-18-16(20)14-6-7-15(17)21-14/h2-7,19H,8-9H2,1H3,(H,18,20). The lowest BCUT2D eigenvalue weighted by Gasteiger charge is -2.04. The lowest BCUT2D eigenvalue weighted by molar-refractivity contribution is 0.0925. The molecular weight excluding hydrogens is 332 g/mol. The van der Waals surface area contributed by atoms with Crippen LogP contribution in [0.3, 0.4) is 0 Å². The number of amides is 1. The van der Waals surface area contributed by atoms with Gasteiger partial charge in [0, 0.05) is 23.1 Å². The number of hydrogen-bond donors (Lipinski definition) is 2. The number of carbonyl (C=O) groups is 1. The van der Waals surface area contributed by atoms with Crippen LogP contribution in [0, 0.1) is 6.92 Å². The first-order valence-electron chi connectivity index (χ1n) is 6.75. The molecule has 2 heterocycles. The van der Waals surface area contributed by atoms with Gasteiger partial charge in [0.15, 0.2) is 10.4 Å². The van der Waals surface area contributed by atoms with E-state index < -0.39 is 0 Å². The molecule has 1 amide bonds. The van der Waals surface area contributed by atoms with E-state index in [4.69, 9.17) is 4.42 Å². The highest BCUT2D eigenvalue weighted by Gasteiger charge is 2.11. The number of nitrogens with one attached hydrogen (secondary N) is 2. The van der Waals surface area contributed by atoms with Crippen LogP contribution in [0.15, 0.2) is 45.5 Å². The summed E-state index contributed by atoms with van der Waals surface area (Å²) in [6.07, 6.45) is 0.781. The molecule has 108 valence electrons. The molecule has 0 atom stereocenters. The molecule has 4 nitrogen and oxygen atoms in total. The number of benzene rings is 1. The fraction of sp³-hybridized carbons (Fsp3) is 0.188. The van der Waals surface area contributed by atoms with Crippen LogP contribution < -0.4 is 5.32 Å². The largest absolute Gasteiger partial charge is 0.444 e. The van der Waals surface area contributed by atoms with Crippen molar-refractivity contribution in [2.24, 2.45) is 0 Å². The van der Waals surface area contributed by atoms with Gasteiger partial charge in [0.1, 0.15) is 0 Å². The van der Waals surface area contributed by atoms with E-state index in [2.05, 4.69) is 45.3 Å². The summed E-state index contributed by atoms with van der Waals surface area (Å²) >= 11 is 3.19. The van der Waals surface area contributed by atoms with Crippen LogP contribution in [0.1, 0.15) is 21.8 Å². The van der Waals surface area contributed by atoms with Crippen molar-refractivity contribution in [1.82, 2.24) is 10.3 Å². The van der Waals surface area contributed by atoms with Gasteiger partial charge in [-0.15, -0.1) is 0 Å². The summed E-state index contributed by atoms with van der Waals surface area (Å²) in [6.45, 7) is 2.63. The number of furan rings is 1. The molecular formula is C16H15BrN2O2. The number of aromatic amines is 1. The molecule has 0 spiro atoms. The molecule has 0 bridgehead atoms. The maximum Gasteiger partial charge on any atom is 0.287 e. The number of halogens is 1. The number of hydrogen-bond acceptors (Lipinski definition) is 2. The van der Waals surface area contributed by atoms with Gasteiger partial charge in [-0.2, -0.15) is 0 Å². The quantitative estimate of drug-likeness (QED) is 0.754. The molecule has 5 heteroatoms. The first-order chi connectivity index (χ1) is 10.1. The number of aromatic nitrogens is 1. The Balaban J connectivity index is 1.67. The van der Waals surface area contributed by atoms with Crippen LogP contribution in [-0.2, 0) is 6.42 Å². The molecule has 0 radical (unpaired) electrons. The van der Waals surface area contributed by atoms with Gasteiger partial charge in [-0.1, -0.05) is 18.2 Å². The molecule has 3 rings (SSSR count). The summed E-state index contributed by atoms with van der Waals surface area (Å²) < 4.78 is 5.78. The maximum absolute atomic E-state index is 11.9.